The van der Waals surface area contributed by atoms with Crippen molar-refractivity contribution in [1.29, 1.82) is 0 Å². The summed E-state index contributed by atoms with van der Waals surface area (Å²) in [5.41, 5.74) is 0. The summed E-state index contributed by atoms with van der Waals surface area (Å²) in [6, 6.07) is 0. The largest absolute Gasteiger partial charge is 0.385 e. The molecular weight excluding hydrogens is 88.1 g/mol. The first-order valence-corrected chi connectivity index (χ1v) is 2.68. The van der Waals surface area contributed by atoms with Gasteiger partial charge in [-0.1, -0.05) is 0 Å². The smallest absolute Gasteiger partial charge is 0.0894 e. The molecule has 0 atom stereocenters. The zero-order valence-electron chi connectivity index (χ0n) is 5.11. The van der Waals surface area contributed by atoms with Gasteiger partial charge in [-0.15, -0.1) is 0 Å². The Kier molecular flexibility index (Phi) is 5.69. The van der Waals surface area contributed by atoms with Crippen molar-refractivity contribution in [2.24, 2.45) is 0 Å². The van der Waals surface area contributed by atoms with Crippen LogP contribution in [0.15, 0.2) is 0 Å². The Morgan fingerprint density at radius 3 is 2.71 bits per heavy atom. The van der Waals surface area contributed by atoms with Gasteiger partial charge in [0.25, 0.3) is 0 Å². The Hall–Kier alpha value is -0.170. The van der Waals surface area contributed by atoms with Gasteiger partial charge in [-0.3, -0.25) is 0 Å². The van der Waals surface area contributed by atoms with Gasteiger partial charge < -0.3 is 4.74 Å². The predicted molar refractivity (Wildman–Crippen MR) is 31.1 cm³/mol. The van der Waals surface area contributed by atoms with Gasteiger partial charge in [-0.2, -0.15) is 0 Å². The lowest BCUT2D eigenvalue weighted by Gasteiger charge is -1.88. The molecule has 7 heavy (non-hydrogen) atoms. The van der Waals surface area contributed by atoms with Crippen molar-refractivity contribution in [3.05, 3.63) is 6.42 Å². The third kappa shape index (κ3) is 5.83. The quantitative estimate of drug-likeness (QED) is 0.386. The molecule has 0 bridgehead atoms. The van der Waals surface area contributed by atoms with Crippen LogP contribution in [0.4, 0.5) is 0 Å². The van der Waals surface area contributed by atoms with Gasteiger partial charge in [0.15, 0.2) is 0 Å². The molecule has 0 saturated heterocycles. The maximum Gasteiger partial charge on any atom is 0.0894 e. The summed E-state index contributed by atoms with van der Waals surface area (Å²) < 4.78 is 4.82. The molecule has 0 aliphatic rings. The number of rotatable bonds is 4. The van der Waals surface area contributed by atoms with Crippen LogP contribution in [0.1, 0.15) is 19.8 Å². The van der Waals surface area contributed by atoms with Crippen LogP contribution in [-0.4, -0.2) is 13.7 Å². The Labute approximate surface area is 45.7 Å². The van der Waals surface area contributed by atoms with Gasteiger partial charge in [0.2, 0.25) is 0 Å². The van der Waals surface area contributed by atoms with Gasteiger partial charge in [0.05, 0.1) is 26.4 Å². The zero-order valence-corrected chi connectivity index (χ0v) is 5.11. The van der Waals surface area contributed by atoms with Crippen LogP contribution in [0.25, 0.3) is 0 Å². The number of hydrogen-bond donors (Lipinski definition) is 0. The normalized spacial score (nSPS) is 8.86. The fourth-order valence-corrected chi connectivity index (χ4v) is 0.432. The van der Waals surface area contributed by atoms with Crippen molar-refractivity contribution in [3.63, 3.8) is 0 Å². The van der Waals surface area contributed by atoms with E-state index in [2.05, 4.69) is 13.3 Å². The van der Waals surface area contributed by atoms with E-state index in [1.807, 2.05) is 0 Å². The first-order valence-electron chi connectivity index (χ1n) is 2.68. The summed E-state index contributed by atoms with van der Waals surface area (Å²) >= 11 is 0. The van der Waals surface area contributed by atoms with Crippen LogP contribution < -0.4 is 0 Å². The minimum absolute atomic E-state index is 0.893. The molecule has 0 aromatic rings. The van der Waals surface area contributed by atoms with Crippen molar-refractivity contribution >= 4 is 0 Å². The molecule has 1 nitrogen and oxygen atoms in total. The lowest BCUT2D eigenvalue weighted by molar-refractivity contribution is 0.195. The van der Waals surface area contributed by atoms with Crippen LogP contribution in [0.2, 0.25) is 0 Å². The fourth-order valence-electron chi connectivity index (χ4n) is 0.432. The topological polar surface area (TPSA) is 9.23 Å². The number of ether oxygens (including phenoxy) is 1. The number of hydrogen-bond acceptors (Lipinski definition) is 1. The fraction of sp³-hybridized carbons (Fsp3) is 0.833. The minimum atomic E-state index is 0.893. The summed E-state index contributed by atoms with van der Waals surface area (Å²) in [6.45, 7) is 2.96. The Morgan fingerprint density at radius 1 is 1.57 bits per heavy atom. The maximum atomic E-state index is 4.82. The van der Waals surface area contributed by atoms with E-state index < -0.39 is 0 Å². The molecule has 0 aromatic heterocycles. The van der Waals surface area contributed by atoms with Gasteiger partial charge in [0.1, 0.15) is 0 Å². The first-order chi connectivity index (χ1) is 3.41. The molecule has 0 N–H and O–H groups in total. The monoisotopic (exact) mass is 101 g/mol. The molecule has 0 rings (SSSR count). The van der Waals surface area contributed by atoms with Crippen LogP contribution >= 0.6 is 0 Å². The highest BCUT2D eigenvalue weighted by molar-refractivity contribution is 4.53. The summed E-state index contributed by atoms with van der Waals surface area (Å²) in [5.74, 6) is 0. The molecule has 0 amide bonds. The van der Waals surface area contributed by atoms with E-state index in [-0.39, 0.29) is 0 Å². The molecule has 0 saturated carbocycles. The minimum Gasteiger partial charge on any atom is -0.385 e. The molecule has 1 heteroatoms. The van der Waals surface area contributed by atoms with E-state index >= 15 is 0 Å². The molecule has 42 valence electrons. The number of unbranched alkanes of at least 4 members (excludes halogenated alkanes) is 2. The molecule has 0 aromatic carbocycles. The summed E-state index contributed by atoms with van der Waals surface area (Å²) in [4.78, 5) is 0. The average molecular weight is 101 g/mol. The van der Waals surface area contributed by atoms with E-state index in [1.54, 1.807) is 7.11 Å². The highest BCUT2D eigenvalue weighted by atomic mass is 16.5. The Bertz CT molecular complexity index is 23.4. The van der Waals surface area contributed by atoms with E-state index in [4.69, 9.17) is 4.74 Å². The van der Waals surface area contributed by atoms with Crippen molar-refractivity contribution in [2.45, 2.75) is 19.8 Å². The third-order valence-corrected chi connectivity index (χ3v) is 0.841. The second-order valence-electron chi connectivity index (χ2n) is 1.54. The van der Waals surface area contributed by atoms with E-state index in [0.29, 0.717) is 0 Å². The molecule has 0 aliphatic heterocycles. The zero-order chi connectivity index (χ0) is 5.54. The van der Waals surface area contributed by atoms with Crippen molar-refractivity contribution in [2.75, 3.05) is 13.7 Å². The van der Waals surface area contributed by atoms with E-state index in [9.17, 15) is 0 Å². The standard InChI is InChI=1S/C6H13O/c1-3-4-5-6-7-2/h3H,4-6H2,1-2H3/q+1. The number of methoxy groups -OCH3 is 1. The molecule has 0 spiro atoms. The first kappa shape index (κ1) is 6.83. The maximum absolute atomic E-state index is 4.82. The van der Waals surface area contributed by atoms with E-state index in [1.165, 1.54) is 6.42 Å². The molecule has 0 aliphatic carbocycles. The van der Waals surface area contributed by atoms with Crippen LogP contribution in [0.3, 0.4) is 0 Å². The average Bonchev–Trinajstić information content (AvgIpc) is 1.69. The van der Waals surface area contributed by atoms with Gasteiger partial charge in [-0.05, 0) is 0 Å². The summed E-state index contributed by atoms with van der Waals surface area (Å²) in [5, 5.41) is 0. The lowest BCUT2D eigenvalue weighted by atomic mass is 10.3. The van der Waals surface area contributed by atoms with Crippen LogP contribution in [0.5, 0.6) is 0 Å². The van der Waals surface area contributed by atoms with Crippen LogP contribution in [-0.2, 0) is 4.74 Å². The summed E-state index contributed by atoms with van der Waals surface area (Å²) in [7, 11) is 1.73. The van der Waals surface area contributed by atoms with Crippen molar-refractivity contribution < 1.29 is 4.74 Å². The lowest BCUT2D eigenvalue weighted by Crippen LogP contribution is -1.86. The highest BCUT2D eigenvalue weighted by Crippen LogP contribution is 1.90. The Morgan fingerprint density at radius 2 is 2.29 bits per heavy atom. The summed E-state index contributed by atoms with van der Waals surface area (Å²) in [6.07, 6.45) is 4.49. The van der Waals surface area contributed by atoms with Gasteiger partial charge in [-0.25, -0.2) is 0 Å². The molecular formula is C6H13O+. The second kappa shape index (κ2) is 5.83. The molecule has 0 heterocycles. The van der Waals surface area contributed by atoms with Crippen LogP contribution in [0, 0.1) is 6.42 Å². The van der Waals surface area contributed by atoms with Crippen molar-refractivity contribution in [3.8, 4) is 0 Å². The highest BCUT2D eigenvalue weighted by Gasteiger charge is 1.87. The molecule has 0 unspecified atom stereocenters. The predicted octanol–water partition coefficient (Wildman–Crippen LogP) is 1.64. The second-order valence-corrected chi connectivity index (χ2v) is 1.54. The van der Waals surface area contributed by atoms with E-state index in [0.717, 1.165) is 13.0 Å². The molecule has 0 fully saturated rings. The third-order valence-electron chi connectivity index (χ3n) is 0.841. The molecule has 0 radical (unpaired) electrons. The Balaban J connectivity index is 2.45. The van der Waals surface area contributed by atoms with Crippen molar-refractivity contribution in [1.82, 2.24) is 0 Å². The van der Waals surface area contributed by atoms with Gasteiger partial charge in [0, 0.05) is 13.5 Å². The SMILES string of the molecule is C[CH+]CCCOC. The van der Waals surface area contributed by atoms with Gasteiger partial charge >= 0.3 is 0 Å².